The first-order valence-corrected chi connectivity index (χ1v) is 35.1. The first-order valence-electron chi connectivity index (χ1n) is 32.1. The number of phosphoric acid groups is 2. The maximum atomic E-state index is 12.9. The van der Waals surface area contributed by atoms with Gasteiger partial charge in [0.25, 0.3) is 0 Å². The van der Waals surface area contributed by atoms with E-state index in [-0.39, 0.29) is 25.7 Å². The van der Waals surface area contributed by atoms with Crippen LogP contribution in [0, 0.1) is 5.92 Å². The highest BCUT2D eigenvalue weighted by Crippen LogP contribution is 2.45. The lowest BCUT2D eigenvalue weighted by atomic mass is 10.0. The van der Waals surface area contributed by atoms with Crippen molar-refractivity contribution in [3.63, 3.8) is 0 Å². The number of carbonyl (C=O) groups is 4. The molecule has 0 saturated carbocycles. The fourth-order valence-electron chi connectivity index (χ4n) is 9.05. The number of carbonyl (C=O) groups excluding carboxylic acids is 4. The Labute approximate surface area is 486 Å². The maximum absolute atomic E-state index is 12.9. The second kappa shape index (κ2) is 55.0. The molecule has 2 unspecified atom stereocenters. The Morgan fingerprint density at radius 3 is 0.850 bits per heavy atom. The minimum atomic E-state index is -4.94. The van der Waals surface area contributed by atoms with E-state index in [9.17, 15) is 43.2 Å². The highest BCUT2D eigenvalue weighted by atomic mass is 31.2. The summed E-state index contributed by atoms with van der Waals surface area (Å²) in [6.45, 7) is 6.99. The molecular formula is C61H118O17P2. The molecule has 0 fully saturated rings. The van der Waals surface area contributed by atoms with Gasteiger partial charge in [-0.15, -0.1) is 0 Å². The number of hydrogen-bond acceptors (Lipinski definition) is 15. The van der Waals surface area contributed by atoms with Crippen molar-refractivity contribution in [1.82, 2.24) is 0 Å². The van der Waals surface area contributed by atoms with E-state index in [0.717, 1.165) is 96.3 Å². The minimum Gasteiger partial charge on any atom is -0.462 e. The first-order chi connectivity index (χ1) is 38.5. The zero-order valence-corrected chi connectivity index (χ0v) is 53.0. The van der Waals surface area contributed by atoms with Crippen LogP contribution in [0.5, 0.6) is 0 Å². The predicted molar refractivity (Wildman–Crippen MR) is 317 cm³/mol. The van der Waals surface area contributed by atoms with Crippen LogP contribution in [-0.4, -0.2) is 96.7 Å². The van der Waals surface area contributed by atoms with Crippen LogP contribution in [0.1, 0.15) is 304 Å². The van der Waals surface area contributed by atoms with Gasteiger partial charge in [0.2, 0.25) is 0 Å². The van der Waals surface area contributed by atoms with E-state index in [1.54, 1.807) is 0 Å². The number of rotatable bonds is 61. The summed E-state index contributed by atoms with van der Waals surface area (Å²) < 4.78 is 67.7. The van der Waals surface area contributed by atoms with E-state index < -0.39 is 97.5 Å². The van der Waals surface area contributed by atoms with Gasteiger partial charge in [-0.25, -0.2) is 9.13 Å². The molecule has 0 aliphatic heterocycles. The van der Waals surface area contributed by atoms with Gasteiger partial charge in [0.1, 0.15) is 19.3 Å². The van der Waals surface area contributed by atoms with Crippen LogP contribution in [0.15, 0.2) is 0 Å². The number of hydrogen-bond donors (Lipinski definition) is 3. The summed E-state index contributed by atoms with van der Waals surface area (Å²) >= 11 is 0. The molecule has 0 saturated heterocycles. The van der Waals surface area contributed by atoms with Crippen molar-refractivity contribution in [2.75, 3.05) is 39.6 Å². The second-order valence-corrected chi connectivity index (χ2v) is 25.5. The molecule has 17 nitrogen and oxygen atoms in total. The van der Waals surface area contributed by atoms with Gasteiger partial charge < -0.3 is 33.8 Å². The standard InChI is InChI=1S/C61H118O17P2/c1-6-9-12-15-17-19-21-23-25-27-29-35-40-45-59(64)72-51-57(77-60(65)46-41-36-30-28-26-24-22-20-18-16-13-10-7-2)53-76-80(69,70)74-49-55(62)48-73-79(67,68)75-52-56(50-71-58(63)44-39-33-14-11-8-3)78-61(66)47-42-37-32-31-34-38-43-54(4)5/h54-57,62H,6-53H2,1-5H3,(H,67,68)(H,69,70)/t55-,56+,57+/m0/s1. The topological polar surface area (TPSA) is 237 Å². The predicted octanol–water partition coefficient (Wildman–Crippen LogP) is 16.6. The van der Waals surface area contributed by atoms with Crippen LogP contribution >= 0.6 is 15.6 Å². The fourth-order valence-corrected chi connectivity index (χ4v) is 10.6. The van der Waals surface area contributed by atoms with Gasteiger partial charge in [0, 0.05) is 25.7 Å². The summed E-state index contributed by atoms with van der Waals surface area (Å²) in [7, 11) is -9.87. The SMILES string of the molecule is CCCCCCCCCCCCCCCC(=O)OC[C@H](COP(=O)(O)OC[C@@H](O)COP(=O)(O)OC[C@@H](COC(=O)CCCCCCC)OC(=O)CCCCCCCCC(C)C)OC(=O)CCCCCCCCCCCCCCC. The molecule has 0 spiro atoms. The molecule has 0 rings (SSSR count). The van der Waals surface area contributed by atoms with Crippen LogP contribution in [0.2, 0.25) is 0 Å². The molecule has 80 heavy (non-hydrogen) atoms. The smallest absolute Gasteiger partial charge is 0.462 e. The molecule has 0 aliphatic carbocycles. The zero-order valence-electron chi connectivity index (χ0n) is 51.2. The quantitative estimate of drug-likeness (QED) is 0.0222. The van der Waals surface area contributed by atoms with Crippen molar-refractivity contribution in [2.24, 2.45) is 5.92 Å². The monoisotopic (exact) mass is 1180 g/mol. The Morgan fingerprint density at radius 2 is 0.575 bits per heavy atom. The molecule has 0 bridgehead atoms. The maximum Gasteiger partial charge on any atom is 0.472 e. The Bertz CT molecular complexity index is 1570. The summed E-state index contributed by atoms with van der Waals surface area (Å²) in [6.07, 6.45) is 38.0. The highest BCUT2D eigenvalue weighted by Gasteiger charge is 2.30. The Kier molecular flexibility index (Phi) is 53.6. The van der Waals surface area contributed by atoms with Gasteiger partial charge >= 0.3 is 39.5 Å². The number of aliphatic hydroxyl groups is 1. The molecular weight excluding hydrogens is 1070 g/mol. The normalized spacial score (nSPS) is 14.3. The van der Waals surface area contributed by atoms with E-state index >= 15 is 0 Å². The molecule has 5 atom stereocenters. The number of esters is 4. The van der Waals surface area contributed by atoms with Crippen molar-refractivity contribution in [3.8, 4) is 0 Å². The number of unbranched alkanes of at least 4 members (excludes halogenated alkanes) is 33. The third kappa shape index (κ3) is 55.3. The molecule has 3 N–H and O–H groups in total. The summed E-state index contributed by atoms with van der Waals surface area (Å²) in [5, 5.41) is 10.5. The third-order valence-corrected chi connectivity index (χ3v) is 15.9. The van der Waals surface area contributed by atoms with E-state index in [0.29, 0.717) is 31.6 Å². The number of aliphatic hydroxyl groups excluding tert-OH is 1. The second-order valence-electron chi connectivity index (χ2n) is 22.6. The van der Waals surface area contributed by atoms with Crippen LogP contribution in [0.3, 0.4) is 0 Å². The third-order valence-electron chi connectivity index (χ3n) is 14.0. The van der Waals surface area contributed by atoms with E-state index in [4.69, 9.17) is 37.0 Å². The molecule has 0 aromatic rings. The first kappa shape index (κ1) is 78.1. The summed E-state index contributed by atoms with van der Waals surface area (Å²) in [5.41, 5.74) is 0. The summed E-state index contributed by atoms with van der Waals surface area (Å²) in [4.78, 5) is 71.8. The molecule has 0 amide bonds. The van der Waals surface area contributed by atoms with Crippen LogP contribution in [0.4, 0.5) is 0 Å². The Morgan fingerprint density at radius 1 is 0.338 bits per heavy atom. The molecule has 0 heterocycles. The lowest BCUT2D eigenvalue weighted by Gasteiger charge is -2.21. The Balaban J connectivity index is 5.18. The molecule has 0 aromatic heterocycles. The van der Waals surface area contributed by atoms with Gasteiger partial charge in [-0.2, -0.15) is 0 Å². The van der Waals surface area contributed by atoms with Crippen molar-refractivity contribution >= 4 is 39.5 Å². The van der Waals surface area contributed by atoms with Gasteiger partial charge in [0.05, 0.1) is 26.4 Å². The Hall–Kier alpha value is -1.94. The zero-order chi connectivity index (χ0) is 59.2. The summed E-state index contributed by atoms with van der Waals surface area (Å²) in [5.74, 6) is -1.48. The molecule has 0 radical (unpaired) electrons. The molecule has 19 heteroatoms. The van der Waals surface area contributed by atoms with Crippen LogP contribution in [0.25, 0.3) is 0 Å². The van der Waals surface area contributed by atoms with Gasteiger partial charge in [-0.1, -0.05) is 253 Å². The average molecular weight is 1190 g/mol. The lowest BCUT2D eigenvalue weighted by Crippen LogP contribution is -2.30. The van der Waals surface area contributed by atoms with E-state index in [1.165, 1.54) is 122 Å². The van der Waals surface area contributed by atoms with Crippen molar-refractivity contribution < 1.29 is 80.2 Å². The van der Waals surface area contributed by atoms with E-state index in [2.05, 4.69) is 34.6 Å². The van der Waals surface area contributed by atoms with Gasteiger partial charge in [-0.05, 0) is 31.6 Å². The van der Waals surface area contributed by atoms with Crippen LogP contribution < -0.4 is 0 Å². The lowest BCUT2D eigenvalue weighted by molar-refractivity contribution is -0.161. The molecule has 474 valence electrons. The van der Waals surface area contributed by atoms with E-state index in [1.807, 2.05) is 0 Å². The molecule has 0 aromatic carbocycles. The van der Waals surface area contributed by atoms with Crippen molar-refractivity contribution in [3.05, 3.63) is 0 Å². The van der Waals surface area contributed by atoms with Crippen molar-refractivity contribution in [1.29, 1.82) is 0 Å². The average Bonchev–Trinajstić information content (AvgIpc) is 3.42. The molecule has 0 aliphatic rings. The largest absolute Gasteiger partial charge is 0.472 e. The number of phosphoric ester groups is 2. The summed E-state index contributed by atoms with van der Waals surface area (Å²) in [6, 6.07) is 0. The van der Waals surface area contributed by atoms with Crippen molar-refractivity contribution in [2.45, 2.75) is 323 Å². The fraction of sp³-hybridized carbons (Fsp3) is 0.934. The minimum absolute atomic E-state index is 0.101. The van der Waals surface area contributed by atoms with Gasteiger partial charge in [0.15, 0.2) is 12.2 Å². The van der Waals surface area contributed by atoms with Crippen LogP contribution in [-0.2, 0) is 65.4 Å². The number of ether oxygens (including phenoxy) is 4. The van der Waals surface area contributed by atoms with Gasteiger partial charge in [-0.3, -0.25) is 37.3 Å². The highest BCUT2D eigenvalue weighted by molar-refractivity contribution is 7.47.